The SMILES string of the molecule is Cc1cc(C)c(CNC(C)c2nncn2C)cc1C. The first-order valence-corrected chi connectivity index (χ1v) is 6.63. The Morgan fingerprint density at radius 3 is 2.47 bits per heavy atom. The molecule has 0 bridgehead atoms. The molecule has 4 heteroatoms. The first kappa shape index (κ1) is 13.7. The van der Waals surface area contributed by atoms with E-state index in [1.165, 1.54) is 22.3 Å². The maximum atomic E-state index is 4.13. The van der Waals surface area contributed by atoms with Crippen molar-refractivity contribution in [1.82, 2.24) is 20.1 Å². The van der Waals surface area contributed by atoms with Crippen molar-refractivity contribution in [2.24, 2.45) is 7.05 Å². The monoisotopic (exact) mass is 258 g/mol. The summed E-state index contributed by atoms with van der Waals surface area (Å²) in [7, 11) is 1.97. The highest BCUT2D eigenvalue weighted by Gasteiger charge is 2.11. The molecule has 0 amide bonds. The molecule has 1 atom stereocenters. The fourth-order valence-electron chi connectivity index (χ4n) is 2.25. The van der Waals surface area contributed by atoms with Gasteiger partial charge in [0.2, 0.25) is 0 Å². The van der Waals surface area contributed by atoms with Crippen molar-refractivity contribution in [1.29, 1.82) is 0 Å². The van der Waals surface area contributed by atoms with Gasteiger partial charge in [0.25, 0.3) is 0 Å². The maximum Gasteiger partial charge on any atom is 0.149 e. The molecule has 4 nitrogen and oxygen atoms in total. The van der Waals surface area contributed by atoms with E-state index in [4.69, 9.17) is 0 Å². The second-order valence-electron chi connectivity index (χ2n) is 5.27. The average molecular weight is 258 g/mol. The van der Waals surface area contributed by atoms with Gasteiger partial charge in [0.05, 0.1) is 6.04 Å². The van der Waals surface area contributed by atoms with Gasteiger partial charge < -0.3 is 9.88 Å². The van der Waals surface area contributed by atoms with Crippen LogP contribution in [0.3, 0.4) is 0 Å². The summed E-state index contributed by atoms with van der Waals surface area (Å²) in [5.74, 6) is 0.960. The van der Waals surface area contributed by atoms with Crippen LogP contribution in [0.25, 0.3) is 0 Å². The van der Waals surface area contributed by atoms with E-state index in [9.17, 15) is 0 Å². The lowest BCUT2D eigenvalue weighted by atomic mass is 10.0. The average Bonchev–Trinajstić information content (AvgIpc) is 2.78. The maximum absolute atomic E-state index is 4.13. The minimum absolute atomic E-state index is 0.188. The molecule has 0 aliphatic rings. The Bertz CT molecular complexity index is 572. The molecule has 1 aromatic heterocycles. The Kier molecular flexibility index (Phi) is 4.00. The summed E-state index contributed by atoms with van der Waals surface area (Å²) in [4.78, 5) is 0. The Morgan fingerprint density at radius 1 is 1.16 bits per heavy atom. The third kappa shape index (κ3) is 3.01. The summed E-state index contributed by atoms with van der Waals surface area (Å²) in [6.07, 6.45) is 1.73. The molecular weight excluding hydrogens is 236 g/mol. The summed E-state index contributed by atoms with van der Waals surface area (Å²) >= 11 is 0. The van der Waals surface area contributed by atoms with Crippen LogP contribution in [0.5, 0.6) is 0 Å². The molecule has 19 heavy (non-hydrogen) atoms. The molecule has 0 saturated carbocycles. The van der Waals surface area contributed by atoms with Crippen molar-refractivity contribution in [2.75, 3.05) is 0 Å². The van der Waals surface area contributed by atoms with Gasteiger partial charge in [-0.1, -0.05) is 12.1 Å². The lowest BCUT2D eigenvalue weighted by Gasteiger charge is -2.15. The first-order valence-electron chi connectivity index (χ1n) is 6.63. The lowest BCUT2D eigenvalue weighted by molar-refractivity contribution is 0.527. The Hall–Kier alpha value is -1.68. The number of benzene rings is 1. The van der Waals surface area contributed by atoms with Crippen LogP contribution in [0, 0.1) is 20.8 Å². The molecule has 0 spiro atoms. The molecule has 0 aliphatic heterocycles. The van der Waals surface area contributed by atoms with Crippen LogP contribution < -0.4 is 5.32 Å². The Morgan fingerprint density at radius 2 is 1.84 bits per heavy atom. The van der Waals surface area contributed by atoms with E-state index in [-0.39, 0.29) is 6.04 Å². The van der Waals surface area contributed by atoms with Crippen molar-refractivity contribution < 1.29 is 0 Å². The molecule has 1 aromatic carbocycles. The van der Waals surface area contributed by atoms with Gasteiger partial charge in [-0.2, -0.15) is 0 Å². The Labute approximate surface area is 114 Å². The van der Waals surface area contributed by atoms with Gasteiger partial charge in [-0.25, -0.2) is 0 Å². The number of hydrogen-bond acceptors (Lipinski definition) is 3. The van der Waals surface area contributed by atoms with Crippen molar-refractivity contribution in [2.45, 2.75) is 40.3 Å². The van der Waals surface area contributed by atoms with E-state index in [0.29, 0.717) is 0 Å². The second kappa shape index (κ2) is 5.53. The third-order valence-corrected chi connectivity index (χ3v) is 3.68. The smallest absolute Gasteiger partial charge is 0.149 e. The minimum Gasteiger partial charge on any atom is -0.319 e. The van der Waals surface area contributed by atoms with Crippen molar-refractivity contribution >= 4 is 0 Å². The van der Waals surface area contributed by atoms with Crippen LogP contribution in [0.4, 0.5) is 0 Å². The molecule has 1 heterocycles. The van der Waals surface area contributed by atoms with Crippen LogP contribution in [-0.2, 0) is 13.6 Å². The standard InChI is InChI=1S/C15H22N4/c1-10-6-12(3)14(7-11(10)2)8-16-13(4)15-18-17-9-19(15)5/h6-7,9,13,16H,8H2,1-5H3. The topological polar surface area (TPSA) is 42.7 Å². The molecule has 2 rings (SSSR count). The van der Waals surface area contributed by atoms with Gasteiger partial charge >= 0.3 is 0 Å². The molecule has 0 radical (unpaired) electrons. The highest BCUT2D eigenvalue weighted by atomic mass is 15.3. The number of aryl methyl sites for hydroxylation is 4. The van der Waals surface area contributed by atoms with E-state index in [1.54, 1.807) is 6.33 Å². The second-order valence-corrected chi connectivity index (χ2v) is 5.27. The third-order valence-electron chi connectivity index (χ3n) is 3.68. The van der Waals surface area contributed by atoms with Gasteiger partial charge in [-0.15, -0.1) is 10.2 Å². The van der Waals surface area contributed by atoms with E-state index < -0.39 is 0 Å². The molecule has 0 fully saturated rings. The molecule has 1 unspecified atom stereocenters. The molecule has 2 aromatic rings. The predicted octanol–water partition coefficient (Wildman–Crippen LogP) is 2.59. The highest BCUT2D eigenvalue weighted by molar-refractivity contribution is 5.36. The molecule has 0 aliphatic carbocycles. The summed E-state index contributed by atoms with van der Waals surface area (Å²) in [5, 5.41) is 11.6. The summed E-state index contributed by atoms with van der Waals surface area (Å²) in [6.45, 7) is 9.43. The number of rotatable bonds is 4. The van der Waals surface area contributed by atoms with Crippen molar-refractivity contribution in [3.63, 3.8) is 0 Å². The van der Waals surface area contributed by atoms with E-state index in [1.807, 2.05) is 11.6 Å². The molecular formula is C15H22N4. The van der Waals surface area contributed by atoms with Crippen molar-refractivity contribution in [3.05, 3.63) is 46.5 Å². The van der Waals surface area contributed by atoms with E-state index in [0.717, 1.165) is 12.4 Å². The van der Waals surface area contributed by atoms with Crippen LogP contribution in [-0.4, -0.2) is 14.8 Å². The van der Waals surface area contributed by atoms with Gasteiger partial charge in [0.15, 0.2) is 0 Å². The summed E-state index contributed by atoms with van der Waals surface area (Å²) in [5.41, 5.74) is 5.37. The van der Waals surface area contributed by atoms with Gasteiger partial charge in [-0.05, 0) is 49.9 Å². The highest BCUT2D eigenvalue weighted by Crippen LogP contribution is 2.16. The van der Waals surface area contributed by atoms with Crippen molar-refractivity contribution in [3.8, 4) is 0 Å². The minimum atomic E-state index is 0.188. The van der Waals surface area contributed by atoms with Crippen LogP contribution >= 0.6 is 0 Å². The van der Waals surface area contributed by atoms with Crippen LogP contribution in [0.2, 0.25) is 0 Å². The fraction of sp³-hybridized carbons (Fsp3) is 0.467. The quantitative estimate of drug-likeness (QED) is 0.916. The van der Waals surface area contributed by atoms with Crippen LogP contribution in [0.15, 0.2) is 18.5 Å². The van der Waals surface area contributed by atoms with Crippen LogP contribution in [0.1, 0.15) is 41.0 Å². The van der Waals surface area contributed by atoms with Gasteiger partial charge in [0, 0.05) is 13.6 Å². The zero-order valence-corrected chi connectivity index (χ0v) is 12.4. The van der Waals surface area contributed by atoms with Gasteiger partial charge in [0.1, 0.15) is 12.2 Å². The normalized spacial score (nSPS) is 12.7. The zero-order valence-electron chi connectivity index (χ0n) is 12.4. The summed E-state index contributed by atoms with van der Waals surface area (Å²) < 4.78 is 1.95. The first-order chi connectivity index (χ1) is 8.99. The summed E-state index contributed by atoms with van der Waals surface area (Å²) in [6, 6.07) is 4.70. The molecule has 102 valence electrons. The zero-order chi connectivity index (χ0) is 14.0. The Balaban J connectivity index is 2.07. The largest absolute Gasteiger partial charge is 0.319 e. The lowest BCUT2D eigenvalue weighted by Crippen LogP contribution is -2.21. The number of hydrogen-bond donors (Lipinski definition) is 1. The van der Waals surface area contributed by atoms with E-state index in [2.05, 4.69) is 55.3 Å². The number of aromatic nitrogens is 3. The van der Waals surface area contributed by atoms with E-state index >= 15 is 0 Å². The number of nitrogens with zero attached hydrogens (tertiary/aromatic N) is 3. The molecule has 0 saturated heterocycles. The molecule has 1 N–H and O–H groups in total. The predicted molar refractivity (Wildman–Crippen MR) is 76.9 cm³/mol. The number of nitrogens with one attached hydrogen (secondary N) is 1. The van der Waals surface area contributed by atoms with Gasteiger partial charge in [-0.3, -0.25) is 0 Å². The fourth-order valence-corrected chi connectivity index (χ4v) is 2.25.